The minimum Gasteiger partial charge on any atom is -0.463 e. The first-order chi connectivity index (χ1) is 10.1. The van der Waals surface area contributed by atoms with Gasteiger partial charge in [0.1, 0.15) is 5.75 Å². The molecule has 0 fully saturated rings. The molecule has 1 aromatic heterocycles. The Balaban J connectivity index is 2.18. The molecule has 2 N–H and O–H groups in total. The Morgan fingerprint density at radius 2 is 1.90 bits per heavy atom. The van der Waals surface area contributed by atoms with Gasteiger partial charge in [-0.2, -0.15) is 9.97 Å². The molecule has 0 saturated heterocycles. The van der Waals surface area contributed by atoms with Gasteiger partial charge >= 0.3 is 12.0 Å². The van der Waals surface area contributed by atoms with Gasteiger partial charge in [-0.25, -0.2) is 0 Å². The van der Waals surface area contributed by atoms with Crippen molar-refractivity contribution in [3.8, 4) is 17.8 Å². The summed E-state index contributed by atoms with van der Waals surface area (Å²) in [5.41, 5.74) is 6.64. The number of ether oxygens (including phenoxy) is 2. The lowest BCUT2D eigenvalue weighted by molar-refractivity contribution is 0.285. The molecular weight excluding hydrogens is 270 g/mol. The van der Waals surface area contributed by atoms with Crippen LogP contribution in [0.4, 0.5) is 11.6 Å². The summed E-state index contributed by atoms with van der Waals surface area (Å²) < 4.78 is 11.0. The van der Waals surface area contributed by atoms with Crippen molar-refractivity contribution in [3.05, 3.63) is 24.3 Å². The van der Waals surface area contributed by atoms with Gasteiger partial charge in [-0.3, -0.25) is 0 Å². The Bertz CT molecular complexity index is 604. The third-order valence-electron chi connectivity index (χ3n) is 2.59. The lowest BCUT2D eigenvalue weighted by Gasteiger charge is -2.13. The van der Waals surface area contributed by atoms with Crippen LogP contribution in [-0.4, -0.2) is 35.7 Å². The number of rotatable bonds is 6. The molecule has 1 heterocycles. The maximum absolute atomic E-state index is 5.63. The predicted octanol–water partition coefficient (Wildman–Crippen LogP) is 2.10. The summed E-state index contributed by atoms with van der Waals surface area (Å²) in [4.78, 5) is 13.9. The van der Waals surface area contributed by atoms with Crippen LogP contribution < -0.4 is 20.1 Å². The van der Waals surface area contributed by atoms with Crippen LogP contribution in [0.5, 0.6) is 17.8 Å². The Kier molecular flexibility index (Phi) is 4.76. The second kappa shape index (κ2) is 6.74. The molecule has 2 aromatic rings. The third-order valence-corrected chi connectivity index (χ3v) is 2.59. The molecule has 1 aromatic carbocycles. The lowest BCUT2D eigenvalue weighted by Crippen LogP contribution is -2.08. The van der Waals surface area contributed by atoms with Gasteiger partial charge in [0.2, 0.25) is 5.95 Å². The molecule has 0 spiro atoms. The third kappa shape index (κ3) is 4.20. The van der Waals surface area contributed by atoms with Crippen LogP contribution in [0.2, 0.25) is 0 Å². The number of anilines is 2. The first-order valence-corrected chi connectivity index (χ1v) is 6.68. The van der Waals surface area contributed by atoms with Crippen molar-refractivity contribution in [2.24, 2.45) is 0 Å². The molecule has 0 aliphatic rings. The predicted molar refractivity (Wildman–Crippen MR) is 80.9 cm³/mol. The van der Waals surface area contributed by atoms with Crippen LogP contribution in [0.1, 0.15) is 13.3 Å². The fraction of sp³-hybridized carbons (Fsp3) is 0.357. The second-order valence-corrected chi connectivity index (χ2v) is 4.60. The highest BCUT2D eigenvalue weighted by atomic mass is 16.5. The van der Waals surface area contributed by atoms with E-state index in [0.29, 0.717) is 12.4 Å². The smallest absolute Gasteiger partial charge is 0.330 e. The normalized spacial score (nSPS) is 10.2. The number of hydrogen-bond donors (Lipinski definition) is 1. The maximum Gasteiger partial charge on any atom is 0.330 e. The van der Waals surface area contributed by atoms with Gasteiger partial charge in [0.15, 0.2) is 0 Å². The van der Waals surface area contributed by atoms with E-state index in [-0.39, 0.29) is 18.0 Å². The van der Waals surface area contributed by atoms with Crippen molar-refractivity contribution in [3.63, 3.8) is 0 Å². The van der Waals surface area contributed by atoms with E-state index in [4.69, 9.17) is 15.2 Å². The zero-order chi connectivity index (χ0) is 15.2. The lowest BCUT2D eigenvalue weighted by atomic mass is 10.3. The van der Waals surface area contributed by atoms with Crippen molar-refractivity contribution in [1.29, 1.82) is 0 Å². The maximum atomic E-state index is 5.63. The molecule has 21 heavy (non-hydrogen) atoms. The van der Waals surface area contributed by atoms with Crippen LogP contribution in [0.3, 0.4) is 0 Å². The number of nitrogen functional groups attached to an aromatic ring is 1. The minimum absolute atomic E-state index is 0.0647. The second-order valence-electron chi connectivity index (χ2n) is 4.60. The fourth-order valence-electron chi connectivity index (χ4n) is 1.59. The van der Waals surface area contributed by atoms with E-state index < -0.39 is 0 Å². The Morgan fingerprint density at radius 1 is 1.14 bits per heavy atom. The van der Waals surface area contributed by atoms with Crippen molar-refractivity contribution < 1.29 is 9.47 Å². The Hall–Kier alpha value is -2.57. The highest BCUT2D eigenvalue weighted by Gasteiger charge is 2.08. The summed E-state index contributed by atoms with van der Waals surface area (Å²) >= 11 is 0. The molecule has 0 aliphatic carbocycles. The SMILES string of the molecule is CCCOc1nc(N)nc(Oc2cccc(N(C)C)c2)n1. The molecular formula is C14H19N5O2. The Morgan fingerprint density at radius 3 is 2.62 bits per heavy atom. The van der Waals surface area contributed by atoms with Gasteiger partial charge in [0.05, 0.1) is 6.61 Å². The van der Waals surface area contributed by atoms with Gasteiger partial charge in [-0.05, 0) is 18.6 Å². The van der Waals surface area contributed by atoms with E-state index in [1.807, 2.05) is 50.2 Å². The average Bonchev–Trinajstić information content (AvgIpc) is 2.45. The molecule has 2 rings (SSSR count). The Labute approximate surface area is 123 Å². The number of benzene rings is 1. The van der Waals surface area contributed by atoms with Gasteiger partial charge in [-0.15, -0.1) is 4.98 Å². The van der Waals surface area contributed by atoms with Gasteiger partial charge < -0.3 is 20.1 Å². The van der Waals surface area contributed by atoms with Gasteiger partial charge in [-0.1, -0.05) is 13.0 Å². The van der Waals surface area contributed by atoms with Crippen molar-refractivity contribution >= 4 is 11.6 Å². The van der Waals surface area contributed by atoms with Crippen molar-refractivity contribution in [1.82, 2.24) is 15.0 Å². The van der Waals surface area contributed by atoms with E-state index in [1.54, 1.807) is 0 Å². The zero-order valence-corrected chi connectivity index (χ0v) is 12.4. The van der Waals surface area contributed by atoms with Gasteiger partial charge in [0, 0.05) is 25.8 Å². The summed E-state index contributed by atoms with van der Waals surface area (Å²) in [6.07, 6.45) is 0.854. The molecule has 7 heteroatoms. The summed E-state index contributed by atoms with van der Waals surface area (Å²) in [7, 11) is 3.91. The molecule has 0 radical (unpaired) electrons. The van der Waals surface area contributed by atoms with E-state index >= 15 is 0 Å². The van der Waals surface area contributed by atoms with Crippen LogP contribution in [0.25, 0.3) is 0 Å². The molecule has 0 bridgehead atoms. The monoisotopic (exact) mass is 289 g/mol. The first kappa shape index (κ1) is 14.8. The topological polar surface area (TPSA) is 86.4 Å². The number of nitrogens with two attached hydrogens (primary N) is 1. The molecule has 0 amide bonds. The molecule has 0 atom stereocenters. The molecule has 7 nitrogen and oxygen atoms in total. The fourth-order valence-corrected chi connectivity index (χ4v) is 1.59. The van der Waals surface area contributed by atoms with E-state index in [9.17, 15) is 0 Å². The molecule has 0 saturated carbocycles. The number of hydrogen-bond acceptors (Lipinski definition) is 7. The highest BCUT2D eigenvalue weighted by molar-refractivity contribution is 5.49. The molecule has 112 valence electrons. The number of aromatic nitrogens is 3. The highest BCUT2D eigenvalue weighted by Crippen LogP contribution is 2.24. The van der Waals surface area contributed by atoms with Crippen LogP contribution in [0, 0.1) is 0 Å². The van der Waals surface area contributed by atoms with E-state index in [0.717, 1.165) is 12.1 Å². The van der Waals surface area contributed by atoms with Crippen LogP contribution in [-0.2, 0) is 0 Å². The minimum atomic E-state index is 0.0647. The number of nitrogens with zero attached hydrogens (tertiary/aromatic N) is 4. The largest absolute Gasteiger partial charge is 0.463 e. The van der Waals surface area contributed by atoms with E-state index in [2.05, 4.69) is 15.0 Å². The molecule has 0 aliphatic heterocycles. The summed E-state index contributed by atoms with van der Waals surface area (Å²) in [5.74, 6) is 0.683. The summed E-state index contributed by atoms with van der Waals surface area (Å²) in [6.45, 7) is 2.51. The van der Waals surface area contributed by atoms with E-state index in [1.165, 1.54) is 0 Å². The zero-order valence-electron chi connectivity index (χ0n) is 12.4. The molecule has 0 unspecified atom stereocenters. The van der Waals surface area contributed by atoms with Crippen molar-refractivity contribution in [2.45, 2.75) is 13.3 Å². The standard InChI is InChI=1S/C14H19N5O2/c1-4-8-20-13-16-12(15)17-14(18-13)21-11-7-5-6-10(9-11)19(2)3/h5-7,9H,4,8H2,1-3H3,(H2,15,16,17,18). The quantitative estimate of drug-likeness (QED) is 0.871. The first-order valence-electron chi connectivity index (χ1n) is 6.68. The summed E-state index contributed by atoms with van der Waals surface area (Å²) in [5, 5.41) is 0. The van der Waals surface area contributed by atoms with Crippen LogP contribution in [0.15, 0.2) is 24.3 Å². The van der Waals surface area contributed by atoms with Crippen molar-refractivity contribution in [2.75, 3.05) is 31.3 Å². The summed E-state index contributed by atoms with van der Waals surface area (Å²) in [6, 6.07) is 7.85. The van der Waals surface area contributed by atoms with Crippen LogP contribution >= 0.6 is 0 Å². The van der Waals surface area contributed by atoms with Gasteiger partial charge in [0.25, 0.3) is 0 Å². The average molecular weight is 289 g/mol.